The number of carbonyl (C=O) groups excluding carboxylic acids is 1. The molecule has 0 spiro atoms. The van der Waals surface area contributed by atoms with Gasteiger partial charge in [-0.15, -0.1) is 0 Å². The third-order valence-electron chi connectivity index (χ3n) is 5.27. The fraction of sp³-hybridized carbons (Fsp3) is 0.120. The van der Waals surface area contributed by atoms with Crippen LogP contribution in [0.2, 0.25) is 0 Å². The minimum Gasteiger partial charge on any atom is -0.456 e. The number of nitrogens with zero attached hydrogens (tertiary/aromatic N) is 1. The van der Waals surface area contributed by atoms with Crippen LogP contribution in [-0.4, -0.2) is 10.8 Å². The molecule has 7 heteroatoms. The van der Waals surface area contributed by atoms with E-state index in [0.717, 1.165) is 11.1 Å². The lowest BCUT2D eigenvalue weighted by molar-refractivity contribution is -0.384. The van der Waals surface area contributed by atoms with Crippen LogP contribution < -0.4 is 10.7 Å². The second-order valence-electron chi connectivity index (χ2n) is 7.72. The van der Waals surface area contributed by atoms with Gasteiger partial charge >= 0.3 is 0 Å². The fourth-order valence-electron chi connectivity index (χ4n) is 3.59. The number of anilines is 1. The maximum atomic E-state index is 12.6. The van der Waals surface area contributed by atoms with Crippen molar-refractivity contribution in [1.29, 1.82) is 0 Å². The summed E-state index contributed by atoms with van der Waals surface area (Å²) in [6, 6.07) is 16.1. The van der Waals surface area contributed by atoms with Crippen LogP contribution >= 0.6 is 0 Å². The second kappa shape index (κ2) is 8.11. The van der Waals surface area contributed by atoms with Crippen LogP contribution in [0.4, 0.5) is 11.4 Å². The van der Waals surface area contributed by atoms with Crippen molar-refractivity contribution in [2.45, 2.75) is 20.8 Å². The monoisotopic (exact) mass is 428 g/mol. The number of non-ortho nitro benzene ring substituents is 1. The molecule has 1 N–H and O–H groups in total. The zero-order valence-corrected chi connectivity index (χ0v) is 17.8. The number of carbonyl (C=O) groups is 1. The van der Waals surface area contributed by atoms with E-state index in [1.54, 1.807) is 43.3 Å². The summed E-state index contributed by atoms with van der Waals surface area (Å²) in [6.45, 7) is 5.58. The Morgan fingerprint density at radius 3 is 2.34 bits per heavy atom. The zero-order chi connectivity index (χ0) is 23.0. The van der Waals surface area contributed by atoms with E-state index in [4.69, 9.17) is 4.42 Å². The number of aryl methyl sites for hydroxylation is 3. The van der Waals surface area contributed by atoms with Crippen molar-refractivity contribution in [3.63, 3.8) is 0 Å². The zero-order valence-electron chi connectivity index (χ0n) is 17.8. The summed E-state index contributed by atoms with van der Waals surface area (Å²) in [5.41, 5.74) is 4.30. The minimum absolute atomic E-state index is 0.0990. The number of nitro groups is 1. The molecule has 1 heterocycles. The summed E-state index contributed by atoms with van der Waals surface area (Å²) in [5.74, 6) is 0.0161. The molecular weight excluding hydrogens is 408 g/mol. The van der Waals surface area contributed by atoms with Gasteiger partial charge in [0.25, 0.3) is 11.6 Å². The molecule has 0 bridgehead atoms. The third-order valence-corrected chi connectivity index (χ3v) is 5.27. The average molecular weight is 428 g/mol. The number of benzene rings is 3. The van der Waals surface area contributed by atoms with Gasteiger partial charge in [-0.05, 0) is 55.7 Å². The Morgan fingerprint density at radius 1 is 0.938 bits per heavy atom. The molecule has 160 valence electrons. The van der Waals surface area contributed by atoms with Gasteiger partial charge in [-0.2, -0.15) is 0 Å². The fourth-order valence-corrected chi connectivity index (χ4v) is 3.59. The quantitative estimate of drug-likeness (QED) is 0.339. The SMILES string of the molecule is Cc1cc(C)c2oc(-c3ccc(C(=O)Nc4cc([N+](=O)[O-])ccc4C)cc3)cc(=O)c2c1. The van der Waals surface area contributed by atoms with Crippen molar-refractivity contribution >= 4 is 28.3 Å². The number of rotatable bonds is 4. The normalized spacial score (nSPS) is 10.8. The number of hydrogen-bond donors (Lipinski definition) is 1. The van der Waals surface area contributed by atoms with Gasteiger partial charge in [0.1, 0.15) is 11.3 Å². The molecule has 0 atom stereocenters. The molecule has 0 unspecified atom stereocenters. The molecule has 0 saturated carbocycles. The van der Waals surface area contributed by atoms with E-state index in [0.29, 0.717) is 39.1 Å². The Morgan fingerprint density at radius 2 is 1.66 bits per heavy atom. The first kappa shape index (κ1) is 21.0. The smallest absolute Gasteiger partial charge is 0.271 e. The molecule has 0 aliphatic rings. The van der Waals surface area contributed by atoms with Crippen molar-refractivity contribution < 1.29 is 14.1 Å². The molecule has 7 nitrogen and oxygen atoms in total. The molecule has 1 amide bonds. The highest BCUT2D eigenvalue weighted by Gasteiger charge is 2.14. The first-order valence-electron chi connectivity index (χ1n) is 9.95. The number of amides is 1. The molecule has 4 rings (SSSR count). The maximum absolute atomic E-state index is 12.6. The number of nitrogens with one attached hydrogen (secondary N) is 1. The Bertz CT molecular complexity index is 1440. The molecule has 3 aromatic carbocycles. The molecule has 0 saturated heterocycles. The second-order valence-corrected chi connectivity index (χ2v) is 7.72. The predicted molar refractivity (Wildman–Crippen MR) is 123 cm³/mol. The van der Waals surface area contributed by atoms with Gasteiger partial charge in [-0.3, -0.25) is 19.7 Å². The highest BCUT2D eigenvalue weighted by atomic mass is 16.6. The summed E-state index contributed by atoms with van der Waals surface area (Å²) in [5, 5.41) is 14.2. The topological polar surface area (TPSA) is 102 Å². The van der Waals surface area contributed by atoms with E-state index in [2.05, 4.69) is 5.32 Å². The molecule has 0 aliphatic carbocycles. The van der Waals surface area contributed by atoms with Crippen molar-refractivity contribution in [3.8, 4) is 11.3 Å². The van der Waals surface area contributed by atoms with Crippen molar-refractivity contribution in [2.24, 2.45) is 0 Å². The number of hydrogen-bond acceptors (Lipinski definition) is 5. The lowest BCUT2D eigenvalue weighted by Crippen LogP contribution is -2.13. The van der Waals surface area contributed by atoms with E-state index in [9.17, 15) is 19.7 Å². The Labute approximate surface area is 183 Å². The van der Waals surface area contributed by atoms with Crippen LogP contribution in [0, 0.1) is 30.9 Å². The number of nitro benzene ring substituents is 1. The van der Waals surface area contributed by atoms with E-state index in [-0.39, 0.29) is 11.1 Å². The molecule has 0 radical (unpaired) electrons. The lowest BCUT2D eigenvalue weighted by atomic mass is 10.1. The maximum Gasteiger partial charge on any atom is 0.271 e. The van der Waals surface area contributed by atoms with Gasteiger partial charge in [0.05, 0.1) is 16.0 Å². The molecular formula is C25H20N2O5. The Hall–Kier alpha value is -4.26. The highest BCUT2D eigenvalue weighted by molar-refractivity contribution is 6.05. The van der Waals surface area contributed by atoms with E-state index < -0.39 is 10.8 Å². The van der Waals surface area contributed by atoms with Crippen LogP contribution in [0.1, 0.15) is 27.0 Å². The summed E-state index contributed by atoms with van der Waals surface area (Å²) in [7, 11) is 0. The Balaban J connectivity index is 1.63. The van der Waals surface area contributed by atoms with Gasteiger partial charge in [0.15, 0.2) is 5.43 Å². The van der Waals surface area contributed by atoms with Crippen molar-refractivity contribution in [2.75, 3.05) is 5.32 Å². The van der Waals surface area contributed by atoms with Crippen LogP contribution in [0.5, 0.6) is 0 Å². The largest absolute Gasteiger partial charge is 0.456 e. The van der Waals surface area contributed by atoms with Gasteiger partial charge in [-0.1, -0.05) is 24.3 Å². The minimum atomic E-state index is -0.510. The van der Waals surface area contributed by atoms with Crippen molar-refractivity contribution in [1.82, 2.24) is 0 Å². The summed E-state index contributed by atoms with van der Waals surface area (Å²) in [6.07, 6.45) is 0. The van der Waals surface area contributed by atoms with Crippen LogP contribution in [0.15, 0.2) is 69.9 Å². The van der Waals surface area contributed by atoms with E-state index in [1.165, 1.54) is 18.2 Å². The van der Waals surface area contributed by atoms with Gasteiger partial charge in [0.2, 0.25) is 0 Å². The molecule has 4 aromatic rings. The number of fused-ring (bicyclic) bond motifs is 1. The first-order valence-corrected chi connectivity index (χ1v) is 9.95. The van der Waals surface area contributed by atoms with Gasteiger partial charge < -0.3 is 9.73 Å². The third kappa shape index (κ3) is 4.00. The predicted octanol–water partition coefficient (Wildman–Crippen LogP) is 5.55. The van der Waals surface area contributed by atoms with Crippen LogP contribution in [0.25, 0.3) is 22.3 Å². The molecule has 1 aromatic heterocycles. The summed E-state index contributed by atoms with van der Waals surface area (Å²) >= 11 is 0. The van der Waals surface area contributed by atoms with E-state index in [1.807, 2.05) is 19.9 Å². The standard InChI is InChI=1S/C25H20N2O5/c1-14-10-16(3)24-20(11-14)22(28)13-23(32-24)17-5-7-18(8-6-17)25(29)26-21-12-19(27(30)31)9-4-15(21)2/h4-13H,1-3H3,(H,26,29). The summed E-state index contributed by atoms with van der Waals surface area (Å²) in [4.78, 5) is 35.7. The lowest BCUT2D eigenvalue weighted by Gasteiger charge is -2.09. The van der Waals surface area contributed by atoms with E-state index >= 15 is 0 Å². The summed E-state index contributed by atoms with van der Waals surface area (Å²) < 4.78 is 6.00. The average Bonchev–Trinajstić information content (AvgIpc) is 2.75. The molecule has 0 fully saturated rings. The first-order chi connectivity index (χ1) is 15.2. The van der Waals surface area contributed by atoms with Gasteiger partial charge in [0, 0.05) is 29.3 Å². The van der Waals surface area contributed by atoms with Crippen LogP contribution in [0.3, 0.4) is 0 Å². The van der Waals surface area contributed by atoms with Gasteiger partial charge in [-0.25, -0.2) is 0 Å². The van der Waals surface area contributed by atoms with Crippen LogP contribution in [-0.2, 0) is 0 Å². The molecule has 0 aliphatic heterocycles. The van der Waals surface area contributed by atoms with Crippen molar-refractivity contribution in [3.05, 3.63) is 103 Å². The highest BCUT2D eigenvalue weighted by Crippen LogP contribution is 2.26. The molecule has 32 heavy (non-hydrogen) atoms. The Kier molecular flexibility index (Phi) is 5.32.